The largest absolute Gasteiger partial charge is 0.360 e. The van der Waals surface area contributed by atoms with Gasteiger partial charge >= 0.3 is 0 Å². The van der Waals surface area contributed by atoms with Gasteiger partial charge in [0.1, 0.15) is 0 Å². The normalized spacial score (nSPS) is 20.0. The summed E-state index contributed by atoms with van der Waals surface area (Å²) in [5.41, 5.74) is 1.70. The molecule has 2 saturated heterocycles. The van der Waals surface area contributed by atoms with E-state index in [9.17, 15) is 9.59 Å². The van der Waals surface area contributed by atoms with Gasteiger partial charge in [-0.25, -0.2) is 0 Å². The van der Waals surface area contributed by atoms with Crippen molar-refractivity contribution in [3.63, 3.8) is 0 Å². The summed E-state index contributed by atoms with van der Waals surface area (Å²) in [7, 11) is 2.11. The molecular weight excluding hydrogens is 340 g/mol. The highest BCUT2D eigenvalue weighted by Gasteiger charge is 2.30. The number of nitrogens with zero attached hydrogens (tertiary/aromatic N) is 3. The number of nitrogens with one attached hydrogen (secondary N) is 1. The van der Waals surface area contributed by atoms with Crippen molar-refractivity contribution in [3.8, 4) is 0 Å². The van der Waals surface area contributed by atoms with E-state index in [2.05, 4.69) is 16.9 Å². The van der Waals surface area contributed by atoms with E-state index in [4.69, 9.17) is 0 Å². The number of amides is 2. The first-order valence-electron chi connectivity index (χ1n) is 9.96. The Morgan fingerprint density at radius 1 is 0.963 bits per heavy atom. The number of aromatic amines is 1. The number of rotatable bonds is 2. The maximum absolute atomic E-state index is 13.0. The minimum Gasteiger partial charge on any atom is -0.360 e. The van der Waals surface area contributed by atoms with Crippen LogP contribution in [0.15, 0.2) is 30.5 Å². The molecule has 0 bridgehead atoms. The molecule has 2 aromatic rings. The minimum absolute atomic E-state index is 0.0565. The molecule has 6 heteroatoms. The van der Waals surface area contributed by atoms with Crippen LogP contribution in [0.3, 0.4) is 0 Å². The smallest absolute Gasteiger partial charge is 0.256 e. The number of aromatic nitrogens is 1. The Morgan fingerprint density at radius 2 is 1.67 bits per heavy atom. The van der Waals surface area contributed by atoms with E-state index >= 15 is 0 Å². The highest BCUT2D eigenvalue weighted by molar-refractivity contribution is 6.06. The molecule has 0 unspecified atom stereocenters. The second kappa shape index (κ2) is 7.72. The third-order valence-corrected chi connectivity index (χ3v) is 5.98. The minimum atomic E-state index is 0.0565. The molecule has 27 heavy (non-hydrogen) atoms. The van der Waals surface area contributed by atoms with Crippen molar-refractivity contribution in [2.45, 2.75) is 19.3 Å². The van der Waals surface area contributed by atoms with E-state index in [0.29, 0.717) is 19.6 Å². The van der Waals surface area contributed by atoms with Gasteiger partial charge in [-0.1, -0.05) is 18.2 Å². The van der Waals surface area contributed by atoms with Crippen LogP contribution >= 0.6 is 0 Å². The van der Waals surface area contributed by atoms with Gasteiger partial charge in [0, 0.05) is 49.2 Å². The van der Waals surface area contributed by atoms with Crippen LogP contribution in [0.25, 0.3) is 10.9 Å². The molecule has 0 spiro atoms. The highest BCUT2D eigenvalue weighted by Crippen LogP contribution is 2.22. The Hall–Kier alpha value is -2.34. The van der Waals surface area contributed by atoms with Gasteiger partial charge in [-0.15, -0.1) is 0 Å². The average molecular weight is 368 g/mol. The van der Waals surface area contributed by atoms with Crippen LogP contribution in [0.2, 0.25) is 0 Å². The lowest BCUT2D eigenvalue weighted by atomic mass is 9.95. The van der Waals surface area contributed by atoms with E-state index in [1.54, 1.807) is 6.20 Å². The van der Waals surface area contributed by atoms with Crippen LogP contribution in [0.1, 0.15) is 29.6 Å². The average Bonchev–Trinajstić information content (AvgIpc) is 2.96. The molecule has 0 atom stereocenters. The SMILES string of the molecule is CN1CCC(C(=O)N2CCCN(C(=O)c3c[nH]c4ccccc34)CC2)CC1. The maximum Gasteiger partial charge on any atom is 0.256 e. The lowest BCUT2D eigenvalue weighted by molar-refractivity contribution is -0.136. The first kappa shape index (κ1) is 18.0. The summed E-state index contributed by atoms with van der Waals surface area (Å²) in [5, 5.41) is 0.964. The van der Waals surface area contributed by atoms with E-state index in [1.165, 1.54) is 0 Å². The second-order valence-electron chi connectivity index (χ2n) is 7.80. The summed E-state index contributed by atoms with van der Waals surface area (Å²) >= 11 is 0. The zero-order valence-corrected chi connectivity index (χ0v) is 16.0. The van der Waals surface area contributed by atoms with Crippen LogP contribution in [0, 0.1) is 5.92 Å². The molecule has 0 radical (unpaired) electrons. The van der Waals surface area contributed by atoms with Crippen molar-refractivity contribution in [2.75, 3.05) is 46.3 Å². The Bertz CT molecular complexity index is 822. The van der Waals surface area contributed by atoms with Gasteiger partial charge in [0.25, 0.3) is 5.91 Å². The van der Waals surface area contributed by atoms with E-state index in [0.717, 1.165) is 55.4 Å². The van der Waals surface area contributed by atoms with Crippen LogP contribution in [-0.4, -0.2) is 77.8 Å². The lowest BCUT2D eigenvalue weighted by Crippen LogP contribution is -2.43. The molecule has 2 fully saturated rings. The van der Waals surface area contributed by atoms with Crippen LogP contribution in [-0.2, 0) is 4.79 Å². The summed E-state index contributed by atoms with van der Waals surface area (Å²) < 4.78 is 0. The number of benzene rings is 1. The molecule has 2 aliphatic rings. The number of fused-ring (bicyclic) bond motifs is 1. The highest BCUT2D eigenvalue weighted by atomic mass is 16.2. The summed E-state index contributed by atoms with van der Waals surface area (Å²) in [5.74, 6) is 0.489. The molecular formula is C21H28N4O2. The predicted molar refractivity (Wildman–Crippen MR) is 106 cm³/mol. The van der Waals surface area contributed by atoms with Gasteiger partial charge in [0.05, 0.1) is 5.56 Å². The Balaban J connectivity index is 1.41. The Labute approximate surface area is 160 Å². The van der Waals surface area contributed by atoms with Crippen molar-refractivity contribution >= 4 is 22.7 Å². The lowest BCUT2D eigenvalue weighted by Gasteiger charge is -2.32. The van der Waals surface area contributed by atoms with Crippen molar-refractivity contribution in [1.29, 1.82) is 0 Å². The number of H-pyrrole nitrogens is 1. The number of hydrogen-bond acceptors (Lipinski definition) is 3. The van der Waals surface area contributed by atoms with Crippen LogP contribution in [0.5, 0.6) is 0 Å². The quantitative estimate of drug-likeness (QED) is 0.884. The zero-order chi connectivity index (χ0) is 18.8. The molecule has 1 N–H and O–H groups in total. The molecule has 3 heterocycles. The van der Waals surface area contributed by atoms with E-state index in [1.807, 2.05) is 34.1 Å². The molecule has 144 valence electrons. The zero-order valence-electron chi connectivity index (χ0n) is 16.0. The van der Waals surface area contributed by atoms with Crippen LogP contribution in [0.4, 0.5) is 0 Å². The van der Waals surface area contributed by atoms with Crippen molar-refractivity contribution < 1.29 is 9.59 Å². The number of piperidine rings is 1. The molecule has 4 rings (SSSR count). The fourth-order valence-electron chi connectivity index (χ4n) is 4.27. The Morgan fingerprint density at radius 3 is 2.48 bits per heavy atom. The van der Waals surface area contributed by atoms with Crippen molar-refractivity contribution in [1.82, 2.24) is 19.7 Å². The first-order chi connectivity index (χ1) is 13.1. The fraction of sp³-hybridized carbons (Fsp3) is 0.524. The summed E-state index contributed by atoms with van der Waals surface area (Å²) in [6.07, 6.45) is 4.54. The number of para-hydroxylation sites is 1. The standard InChI is InChI=1S/C21H28N4O2/c1-23-11-7-16(8-12-23)20(26)24-9-4-10-25(14-13-24)21(27)18-15-22-19-6-3-2-5-17(18)19/h2-3,5-6,15-16,22H,4,7-14H2,1H3. The monoisotopic (exact) mass is 368 g/mol. The van der Waals surface area contributed by atoms with Gasteiger partial charge in [0.15, 0.2) is 0 Å². The second-order valence-corrected chi connectivity index (χ2v) is 7.80. The number of carbonyl (C=O) groups excluding carboxylic acids is 2. The van der Waals surface area contributed by atoms with Crippen molar-refractivity contribution in [2.24, 2.45) is 5.92 Å². The van der Waals surface area contributed by atoms with Gasteiger partial charge in [-0.05, 0) is 45.5 Å². The molecule has 1 aromatic heterocycles. The van der Waals surface area contributed by atoms with Gasteiger partial charge in [-0.3, -0.25) is 9.59 Å². The number of hydrogen-bond donors (Lipinski definition) is 1. The van der Waals surface area contributed by atoms with E-state index < -0.39 is 0 Å². The molecule has 1 aromatic carbocycles. The first-order valence-corrected chi connectivity index (χ1v) is 9.96. The molecule has 2 aliphatic heterocycles. The van der Waals surface area contributed by atoms with Crippen LogP contribution < -0.4 is 0 Å². The molecule has 0 saturated carbocycles. The van der Waals surface area contributed by atoms with Gasteiger partial charge in [-0.2, -0.15) is 0 Å². The summed E-state index contributed by atoms with van der Waals surface area (Å²) in [6, 6.07) is 7.88. The van der Waals surface area contributed by atoms with E-state index in [-0.39, 0.29) is 17.7 Å². The third-order valence-electron chi connectivity index (χ3n) is 5.98. The van der Waals surface area contributed by atoms with Crippen molar-refractivity contribution in [3.05, 3.63) is 36.0 Å². The topological polar surface area (TPSA) is 59.7 Å². The molecule has 6 nitrogen and oxygen atoms in total. The van der Waals surface area contributed by atoms with Gasteiger partial charge in [0.2, 0.25) is 5.91 Å². The van der Waals surface area contributed by atoms with Gasteiger partial charge < -0.3 is 19.7 Å². The summed E-state index contributed by atoms with van der Waals surface area (Å²) in [4.78, 5) is 35.3. The number of likely N-dealkylation sites (tertiary alicyclic amines) is 1. The molecule has 2 amide bonds. The number of carbonyl (C=O) groups is 2. The maximum atomic E-state index is 13.0. The third kappa shape index (κ3) is 3.72. The Kier molecular flexibility index (Phi) is 5.16. The predicted octanol–water partition coefficient (Wildman–Crippen LogP) is 2.18. The summed E-state index contributed by atoms with van der Waals surface area (Å²) in [6.45, 7) is 4.69. The molecule has 0 aliphatic carbocycles. The fourth-order valence-corrected chi connectivity index (χ4v) is 4.27.